The molecule has 3 rings (SSSR count). The van der Waals surface area contributed by atoms with E-state index in [-0.39, 0.29) is 12.6 Å². The number of ether oxygens (including phenoxy) is 1. The summed E-state index contributed by atoms with van der Waals surface area (Å²) in [5, 5.41) is 0. The highest BCUT2D eigenvalue weighted by molar-refractivity contribution is 5.80. The van der Waals surface area contributed by atoms with Crippen molar-refractivity contribution in [3.05, 3.63) is 35.9 Å². The molecule has 6 heteroatoms. The highest BCUT2D eigenvalue weighted by atomic mass is 19.3. The Kier molecular flexibility index (Phi) is 3.91. The van der Waals surface area contributed by atoms with Crippen molar-refractivity contribution < 1.29 is 18.3 Å². The van der Waals surface area contributed by atoms with Crippen molar-refractivity contribution in [1.82, 2.24) is 4.90 Å². The third-order valence-corrected chi connectivity index (χ3v) is 4.68. The molecule has 1 saturated carbocycles. The molecule has 1 heterocycles. The number of hydrogen-bond donors (Lipinski definition) is 1. The zero-order chi connectivity index (χ0) is 15.9. The first-order valence-corrected chi connectivity index (χ1v) is 7.50. The average molecular weight is 310 g/mol. The zero-order valence-electron chi connectivity index (χ0n) is 12.4. The van der Waals surface area contributed by atoms with Crippen LogP contribution in [0.5, 0.6) is 0 Å². The zero-order valence-corrected chi connectivity index (χ0v) is 12.4. The van der Waals surface area contributed by atoms with Crippen LogP contribution in [0.4, 0.5) is 8.78 Å². The van der Waals surface area contributed by atoms with Gasteiger partial charge in [-0.25, -0.2) is 8.78 Å². The minimum Gasteiger partial charge on any atom is -0.375 e. The van der Waals surface area contributed by atoms with E-state index in [1.54, 1.807) is 36.1 Å². The third-order valence-electron chi connectivity index (χ3n) is 4.68. The molecule has 120 valence electrons. The van der Waals surface area contributed by atoms with E-state index < -0.39 is 29.7 Å². The van der Waals surface area contributed by atoms with Crippen LogP contribution in [0.2, 0.25) is 0 Å². The van der Waals surface area contributed by atoms with Gasteiger partial charge in [0.25, 0.3) is 5.92 Å². The molecule has 1 amide bonds. The van der Waals surface area contributed by atoms with Crippen molar-refractivity contribution >= 4 is 5.91 Å². The van der Waals surface area contributed by atoms with Gasteiger partial charge in [0.1, 0.15) is 6.04 Å². The minimum atomic E-state index is -2.73. The number of primary amides is 1. The van der Waals surface area contributed by atoms with E-state index in [0.717, 1.165) is 0 Å². The summed E-state index contributed by atoms with van der Waals surface area (Å²) in [6.45, 7) is 2.79. The minimum absolute atomic E-state index is 0.161. The predicted molar refractivity (Wildman–Crippen MR) is 77.6 cm³/mol. The van der Waals surface area contributed by atoms with Crippen LogP contribution in [-0.2, 0) is 9.53 Å². The second-order valence-corrected chi connectivity index (χ2v) is 6.09. The van der Waals surface area contributed by atoms with E-state index in [1.165, 1.54) is 0 Å². The fraction of sp³-hybridized carbons (Fsp3) is 0.562. The number of alkyl halides is 2. The van der Waals surface area contributed by atoms with Crippen LogP contribution >= 0.6 is 0 Å². The van der Waals surface area contributed by atoms with Gasteiger partial charge in [-0.3, -0.25) is 9.69 Å². The van der Waals surface area contributed by atoms with Crippen molar-refractivity contribution in [2.45, 2.75) is 30.9 Å². The molecule has 22 heavy (non-hydrogen) atoms. The van der Waals surface area contributed by atoms with Crippen molar-refractivity contribution in [1.29, 1.82) is 0 Å². The van der Waals surface area contributed by atoms with Gasteiger partial charge < -0.3 is 10.5 Å². The van der Waals surface area contributed by atoms with Crippen LogP contribution in [-0.4, -0.2) is 48.6 Å². The lowest BCUT2D eigenvalue weighted by Gasteiger charge is -2.37. The monoisotopic (exact) mass is 310 g/mol. The molecule has 2 aliphatic rings. The van der Waals surface area contributed by atoms with Crippen LogP contribution in [0.25, 0.3) is 0 Å². The lowest BCUT2D eigenvalue weighted by atomic mass is 10.1. The van der Waals surface area contributed by atoms with E-state index in [9.17, 15) is 13.6 Å². The van der Waals surface area contributed by atoms with Crippen LogP contribution in [0.15, 0.2) is 30.3 Å². The second-order valence-electron chi connectivity index (χ2n) is 6.09. The highest BCUT2D eigenvalue weighted by Crippen LogP contribution is 2.61. The van der Waals surface area contributed by atoms with Crippen LogP contribution < -0.4 is 5.73 Å². The number of halogens is 2. The van der Waals surface area contributed by atoms with Crippen LogP contribution in [0.3, 0.4) is 0 Å². The molecule has 1 saturated heterocycles. The molecule has 2 fully saturated rings. The summed E-state index contributed by atoms with van der Waals surface area (Å²) >= 11 is 0. The Balaban J connectivity index is 1.74. The Morgan fingerprint density at radius 1 is 1.41 bits per heavy atom. The first-order chi connectivity index (χ1) is 10.4. The lowest BCUT2D eigenvalue weighted by molar-refractivity contribution is -0.136. The van der Waals surface area contributed by atoms with Gasteiger partial charge in [0.15, 0.2) is 0 Å². The van der Waals surface area contributed by atoms with Crippen molar-refractivity contribution in [2.75, 3.05) is 19.7 Å². The van der Waals surface area contributed by atoms with Crippen LogP contribution in [0, 0.1) is 5.92 Å². The number of rotatable bonds is 4. The van der Waals surface area contributed by atoms with Gasteiger partial charge >= 0.3 is 0 Å². The number of amides is 1. The van der Waals surface area contributed by atoms with Gasteiger partial charge in [0.2, 0.25) is 5.91 Å². The molecule has 2 N–H and O–H groups in total. The van der Waals surface area contributed by atoms with Gasteiger partial charge in [-0.05, 0) is 12.5 Å². The van der Waals surface area contributed by atoms with E-state index in [4.69, 9.17) is 10.5 Å². The molecular formula is C16H20F2N2O2. The predicted octanol–water partition coefficient (Wildman–Crippen LogP) is 1.61. The number of hydrogen-bond acceptors (Lipinski definition) is 3. The summed E-state index contributed by atoms with van der Waals surface area (Å²) < 4.78 is 33.7. The molecule has 4 nitrogen and oxygen atoms in total. The second kappa shape index (κ2) is 5.59. The first kappa shape index (κ1) is 15.4. The summed E-state index contributed by atoms with van der Waals surface area (Å²) in [6, 6.07) is 8.17. The van der Waals surface area contributed by atoms with Crippen molar-refractivity contribution in [3.63, 3.8) is 0 Å². The Morgan fingerprint density at radius 2 is 2.09 bits per heavy atom. The summed E-state index contributed by atoms with van der Waals surface area (Å²) in [5.41, 5.74) is 6.06. The van der Waals surface area contributed by atoms with Gasteiger partial charge in [0.05, 0.1) is 18.6 Å². The third kappa shape index (κ3) is 2.61. The molecule has 0 aromatic heterocycles. The number of morpholine rings is 1. The highest BCUT2D eigenvalue weighted by Gasteiger charge is 2.68. The maximum Gasteiger partial charge on any atom is 0.260 e. The Bertz CT molecular complexity index is 552. The van der Waals surface area contributed by atoms with Crippen molar-refractivity contribution in [2.24, 2.45) is 11.7 Å². The number of carbonyl (C=O) groups is 1. The molecular weight excluding hydrogens is 290 g/mol. The standard InChI is InChI=1S/C16H20F2N2O2/c1-10-14(15(19)21)20(7-8-22-10)9-12-13(16(12,17)18)11-5-3-2-4-6-11/h2-6,10,12-14H,7-9H2,1H3,(H2,19,21)/t10-,12-,13-,14+/m1/s1. The topological polar surface area (TPSA) is 55.6 Å². The molecule has 1 aromatic carbocycles. The number of benzene rings is 1. The summed E-state index contributed by atoms with van der Waals surface area (Å²) in [7, 11) is 0. The van der Waals surface area contributed by atoms with Gasteiger partial charge in [-0.2, -0.15) is 0 Å². The quantitative estimate of drug-likeness (QED) is 0.919. The molecule has 0 bridgehead atoms. The van der Waals surface area contributed by atoms with Crippen molar-refractivity contribution in [3.8, 4) is 0 Å². The van der Waals surface area contributed by atoms with Crippen LogP contribution in [0.1, 0.15) is 18.4 Å². The smallest absolute Gasteiger partial charge is 0.260 e. The summed E-state index contributed by atoms with van der Waals surface area (Å²) in [6.07, 6.45) is -0.367. The Morgan fingerprint density at radius 3 is 2.73 bits per heavy atom. The molecule has 1 aliphatic heterocycles. The molecule has 4 atom stereocenters. The SMILES string of the molecule is C[C@H]1OCCN(C[C@@H]2[C@@H](c3ccccc3)C2(F)F)[C@@H]1C(N)=O. The molecule has 0 unspecified atom stereocenters. The maximum absolute atomic E-state index is 14.2. The lowest BCUT2D eigenvalue weighted by Crippen LogP contribution is -2.57. The Labute approximate surface area is 128 Å². The average Bonchev–Trinajstić information content (AvgIpc) is 3.00. The fourth-order valence-electron chi connectivity index (χ4n) is 3.48. The van der Waals surface area contributed by atoms with Gasteiger partial charge in [-0.1, -0.05) is 30.3 Å². The summed E-state index contributed by atoms with van der Waals surface area (Å²) in [5.74, 6) is -4.81. The first-order valence-electron chi connectivity index (χ1n) is 7.50. The fourth-order valence-corrected chi connectivity index (χ4v) is 3.48. The summed E-state index contributed by atoms with van der Waals surface area (Å²) in [4.78, 5) is 13.4. The number of nitrogens with zero attached hydrogens (tertiary/aromatic N) is 1. The number of nitrogens with two attached hydrogens (primary N) is 1. The molecule has 1 aliphatic carbocycles. The molecule has 0 radical (unpaired) electrons. The van der Waals surface area contributed by atoms with E-state index in [0.29, 0.717) is 18.7 Å². The largest absolute Gasteiger partial charge is 0.375 e. The number of carbonyl (C=O) groups excluding carboxylic acids is 1. The van der Waals surface area contributed by atoms with E-state index >= 15 is 0 Å². The van der Waals surface area contributed by atoms with Gasteiger partial charge in [-0.15, -0.1) is 0 Å². The molecule has 1 aromatic rings. The van der Waals surface area contributed by atoms with Gasteiger partial charge in [0, 0.05) is 19.0 Å². The maximum atomic E-state index is 14.2. The van der Waals surface area contributed by atoms with E-state index in [2.05, 4.69) is 0 Å². The normalized spacial score (nSPS) is 34.3. The van der Waals surface area contributed by atoms with E-state index in [1.807, 2.05) is 6.07 Å². The Hall–Kier alpha value is -1.53. The molecule has 0 spiro atoms.